The number of rotatable bonds is 8. The van der Waals surface area contributed by atoms with Gasteiger partial charge >= 0.3 is 5.91 Å². The second kappa shape index (κ2) is 11.2. The van der Waals surface area contributed by atoms with E-state index in [0.29, 0.717) is 34.8 Å². The monoisotopic (exact) mass is 622 g/mol. The molecule has 6 nitrogen and oxygen atoms in total. The number of hydrazone groups is 1. The van der Waals surface area contributed by atoms with E-state index in [9.17, 15) is 9.18 Å². The summed E-state index contributed by atoms with van der Waals surface area (Å²) in [6.07, 6.45) is 1.43. The van der Waals surface area contributed by atoms with Crippen molar-refractivity contribution in [1.82, 2.24) is 5.43 Å². The number of hydrogen-bond donors (Lipinski definition) is 1. The third-order valence-corrected chi connectivity index (χ3v) is 6.07. The first-order valence-corrected chi connectivity index (χ1v) is 12.4. The topological polar surface area (TPSA) is 73.1 Å². The van der Waals surface area contributed by atoms with Gasteiger partial charge in [0.25, 0.3) is 0 Å². The lowest BCUT2D eigenvalue weighted by Crippen LogP contribution is -2.16. The molecule has 0 spiro atoms. The number of carbonyl (C=O) groups excluding carboxylic acids is 1. The number of furan rings is 1. The van der Waals surface area contributed by atoms with E-state index in [2.05, 4.69) is 42.4 Å². The zero-order valence-corrected chi connectivity index (χ0v) is 22.2. The van der Waals surface area contributed by atoms with Crippen LogP contribution in [0.25, 0.3) is 11.0 Å². The van der Waals surface area contributed by atoms with Crippen LogP contribution in [0.4, 0.5) is 4.39 Å². The zero-order chi connectivity index (χ0) is 24.9. The molecule has 0 aliphatic rings. The Balaban J connectivity index is 1.48. The van der Waals surface area contributed by atoms with Crippen LogP contribution in [0.3, 0.4) is 0 Å². The minimum Gasteiger partial charge on any atom is -0.490 e. The summed E-state index contributed by atoms with van der Waals surface area (Å²) in [4.78, 5) is 12.5. The quantitative estimate of drug-likeness (QED) is 0.163. The first-order chi connectivity index (χ1) is 16.8. The first-order valence-electron chi connectivity index (χ1n) is 10.4. The summed E-state index contributed by atoms with van der Waals surface area (Å²) < 4.78 is 32.1. The molecular weight excluding hydrogens is 607 g/mol. The summed E-state index contributed by atoms with van der Waals surface area (Å²) >= 11 is 13.3. The molecule has 0 atom stereocenters. The van der Waals surface area contributed by atoms with Gasteiger partial charge in [0.1, 0.15) is 18.0 Å². The Morgan fingerprint density at radius 1 is 1.17 bits per heavy atom. The molecule has 0 bridgehead atoms. The third kappa shape index (κ3) is 6.22. The fourth-order valence-electron chi connectivity index (χ4n) is 3.26. The maximum absolute atomic E-state index is 13.4. The summed E-state index contributed by atoms with van der Waals surface area (Å²) in [7, 11) is 0. The Labute approximate surface area is 222 Å². The van der Waals surface area contributed by atoms with Gasteiger partial charge in [0.15, 0.2) is 17.3 Å². The molecule has 180 valence electrons. The van der Waals surface area contributed by atoms with E-state index in [1.54, 1.807) is 30.3 Å². The van der Waals surface area contributed by atoms with Gasteiger partial charge in [0.2, 0.25) is 0 Å². The van der Waals surface area contributed by atoms with Crippen molar-refractivity contribution >= 4 is 66.6 Å². The second-order valence-corrected chi connectivity index (χ2v) is 9.47. The van der Waals surface area contributed by atoms with Crippen LogP contribution in [0.5, 0.6) is 11.5 Å². The van der Waals surface area contributed by atoms with Gasteiger partial charge in [0, 0.05) is 9.86 Å². The molecule has 4 rings (SSSR count). The molecule has 0 aliphatic heterocycles. The van der Waals surface area contributed by atoms with Gasteiger partial charge in [-0.1, -0.05) is 39.7 Å². The molecule has 0 saturated heterocycles. The van der Waals surface area contributed by atoms with Crippen molar-refractivity contribution in [3.8, 4) is 11.5 Å². The third-order valence-electron chi connectivity index (χ3n) is 4.74. The highest BCUT2D eigenvalue weighted by Gasteiger charge is 2.15. The van der Waals surface area contributed by atoms with Crippen molar-refractivity contribution in [2.24, 2.45) is 5.10 Å². The molecule has 0 radical (unpaired) electrons. The van der Waals surface area contributed by atoms with Crippen LogP contribution in [-0.4, -0.2) is 18.7 Å². The molecule has 1 heterocycles. The summed E-state index contributed by atoms with van der Waals surface area (Å²) in [5.41, 5.74) is 4.23. The van der Waals surface area contributed by atoms with Crippen molar-refractivity contribution < 1.29 is 23.1 Å². The van der Waals surface area contributed by atoms with E-state index in [1.165, 1.54) is 18.3 Å². The number of benzene rings is 3. The molecule has 10 heteroatoms. The Bertz CT molecular complexity index is 1420. The van der Waals surface area contributed by atoms with Gasteiger partial charge in [0.05, 0.1) is 22.3 Å². The van der Waals surface area contributed by atoms with Crippen molar-refractivity contribution in [1.29, 1.82) is 0 Å². The fraction of sp³-hybridized carbons (Fsp3) is 0.120. The van der Waals surface area contributed by atoms with E-state index in [1.807, 2.05) is 19.1 Å². The highest BCUT2D eigenvalue weighted by atomic mass is 79.9. The van der Waals surface area contributed by atoms with Crippen molar-refractivity contribution in [2.75, 3.05) is 6.61 Å². The number of hydrogen-bond acceptors (Lipinski definition) is 5. The lowest BCUT2D eigenvalue weighted by Gasteiger charge is -2.14. The highest BCUT2D eigenvalue weighted by molar-refractivity contribution is 9.11. The van der Waals surface area contributed by atoms with Gasteiger partial charge < -0.3 is 13.9 Å². The SMILES string of the molecule is CCOc1cc(/C=N\NC(=O)c2cc3cc(Br)cc(Br)c3o2)cc(Cl)c1OCc1cccc(F)c1. The van der Waals surface area contributed by atoms with Crippen molar-refractivity contribution in [2.45, 2.75) is 13.5 Å². The Hall–Kier alpha value is -2.88. The number of ether oxygens (including phenoxy) is 2. The summed E-state index contributed by atoms with van der Waals surface area (Å²) in [5, 5.41) is 5.05. The number of halogens is 4. The highest BCUT2D eigenvalue weighted by Crippen LogP contribution is 2.37. The average molecular weight is 625 g/mol. The van der Waals surface area contributed by atoms with E-state index < -0.39 is 5.91 Å². The van der Waals surface area contributed by atoms with Crippen LogP contribution in [0.2, 0.25) is 5.02 Å². The van der Waals surface area contributed by atoms with Crippen molar-refractivity contribution in [3.63, 3.8) is 0 Å². The normalized spacial score (nSPS) is 11.2. The number of nitrogens with one attached hydrogen (secondary N) is 1. The van der Waals surface area contributed by atoms with Crippen LogP contribution >= 0.6 is 43.5 Å². The minimum atomic E-state index is -0.508. The minimum absolute atomic E-state index is 0.116. The fourth-order valence-corrected chi connectivity index (χ4v) is 4.87. The smallest absolute Gasteiger partial charge is 0.307 e. The summed E-state index contributed by atoms with van der Waals surface area (Å²) in [5.74, 6) is -0.00872. The second-order valence-electron chi connectivity index (χ2n) is 7.30. The molecule has 1 aromatic heterocycles. The van der Waals surface area contributed by atoms with Gasteiger partial charge in [-0.25, -0.2) is 9.82 Å². The Morgan fingerprint density at radius 2 is 2.00 bits per heavy atom. The predicted molar refractivity (Wildman–Crippen MR) is 140 cm³/mol. The Kier molecular flexibility index (Phi) is 8.10. The molecule has 1 amide bonds. The van der Waals surface area contributed by atoms with Gasteiger partial charge in [-0.3, -0.25) is 4.79 Å². The lowest BCUT2D eigenvalue weighted by molar-refractivity contribution is 0.0929. The molecular formula is C25H18Br2ClFN2O4. The van der Waals surface area contributed by atoms with E-state index >= 15 is 0 Å². The predicted octanol–water partition coefficient (Wildman–Crippen LogP) is 7.49. The average Bonchev–Trinajstić information content (AvgIpc) is 3.23. The summed E-state index contributed by atoms with van der Waals surface area (Å²) in [6, 6.07) is 14.7. The van der Waals surface area contributed by atoms with Crippen LogP contribution in [0, 0.1) is 5.82 Å². The van der Waals surface area contributed by atoms with Gasteiger partial charge in [-0.2, -0.15) is 5.10 Å². The van der Waals surface area contributed by atoms with Crippen LogP contribution in [-0.2, 0) is 6.61 Å². The molecule has 35 heavy (non-hydrogen) atoms. The standard InChI is InChI=1S/C25H18Br2ClFN2O4/c1-2-33-21-8-15(7-20(28)24(21)34-13-14-4-3-5-18(29)6-14)12-30-31-25(32)22-10-16-9-17(26)11-19(27)23(16)35-22/h3-12H,2,13H2,1H3,(H,31,32)/b30-12-. The number of carbonyl (C=O) groups is 1. The Morgan fingerprint density at radius 3 is 2.77 bits per heavy atom. The zero-order valence-electron chi connectivity index (χ0n) is 18.3. The van der Waals surface area contributed by atoms with E-state index in [-0.39, 0.29) is 23.2 Å². The largest absolute Gasteiger partial charge is 0.490 e. The first kappa shape index (κ1) is 25.2. The molecule has 0 aliphatic carbocycles. The lowest BCUT2D eigenvalue weighted by atomic mass is 10.2. The molecule has 4 aromatic rings. The molecule has 0 unspecified atom stereocenters. The van der Waals surface area contributed by atoms with Crippen LogP contribution < -0.4 is 14.9 Å². The van der Waals surface area contributed by atoms with Crippen LogP contribution in [0.15, 0.2) is 73.1 Å². The number of amides is 1. The molecule has 1 N–H and O–H groups in total. The number of nitrogens with zero attached hydrogens (tertiary/aromatic N) is 1. The molecule has 3 aromatic carbocycles. The van der Waals surface area contributed by atoms with E-state index in [0.717, 1.165) is 14.3 Å². The van der Waals surface area contributed by atoms with Gasteiger partial charge in [-0.15, -0.1) is 0 Å². The summed E-state index contributed by atoms with van der Waals surface area (Å²) in [6.45, 7) is 2.32. The molecule has 0 fully saturated rings. The maximum Gasteiger partial charge on any atom is 0.307 e. The maximum atomic E-state index is 13.4. The van der Waals surface area contributed by atoms with Crippen LogP contribution in [0.1, 0.15) is 28.6 Å². The number of fused-ring (bicyclic) bond motifs is 1. The van der Waals surface area contributed by atoms with Crippen molar-refractivity contribution in [3.05, 3.63) is 91.3 Å². The van der Waals surface area contributed by atoms with E-state index in [4.69, 9.17) is 25.5 Å². The van der Waals surface area contributed by atoms with Gasteiger partial charge in [-0.05, 0) is 76.4 Å². The molecule has 0 saturated carbocycles.